The van der Waals surface area contributed by atoms with Crippen molar-refractivity contribution in [3.63, 3.8) is 0 Å². The van der Waals surface area contributed by atoms with E-state index < -0.39 is 11.8 Å². The number of allylic oxidation sites excluding steroid dienone is 2. The molecule has 2 aliphatic heterocycles. The third-order valence-corrected chi connectivity index (χ3v) is 7.14. The Kier molecular flexibility index (Phi) is 6.88. The Labute approximate surface area is 217 Å². The molecule has 0 bridgehead atoms. The Bertz CT molecular complexity index is 1260. The lowest BCUT2D eigenvalue weighted by molar-refractivity contribution is -0.148. The summed E-state index contributed by atoms with van der Waals surface area (Å²) in [6, 6.07) is 5.96. The van der Waals surface area contributed by atoms with Crippen molar-refractivity contribution in [2.45, 2.75) is 59.7 Å². The van der Waals surface area contributed by atoms with Crippen molar-refractivity contribution in [3.05, 3.63) is 59.4 Å². The van der Waals surface area contributed by atoms with Crippen LogP contribution in [0.4, 0.5) is 4.39 Å². The first-order valence-corrected chi connectivity index (χ1v) is 12.7. The minimum Gasteiger partial charge on any atom is -0.383 e. The number of piperazine rings is 1. The number of aliphatic hydroxyl groups excluding tert-OH is 1. The van der Waals surface area contributed by atoms with Crippen LogP contribution in [0.1, 0.15) is 69.8 Å². The Morgan fingerprint density at radius 3 is 2.49 bits per heavy atom. The molecule has 0 radical (unpaired) electrons. The van der Waals surface area contributed by atoms with E-state index in [-0.39, 0.29) is 35.5 Å². The topological polar surface area (TPSA) is 104 Å². The van der Waals surface area contributed by atoms with E-state index in [1.165, 1.54) is 12.1 Å². The van der Waals surface area contributed by atoms with Crippen molar-refractivity contribution >= 4 is 23.1 Å². The van der Waals surface area contributed by atoms with Crippen LogP contribution in [-0.4, -0.2) is 67.7 Å². The van der Waals surface area contributed by atoms with Gasteiger partial charge >= 0.3 is 0 Å². The number of halogens is 1. The number of benzene rings is 1. The summed E-state index contributed by atoms with van der Waals surface area (Å²) in [5.41, 5.74) is 1.34. The van der Waals surface area contributed by atoms with Crippen LogP contribution in [0.25, 0.3) is 5.57 Å². The number of nitrogens with two attached hydrogens (primary N) is 1. The van der Waals surface area contributed by atoms with Crippen LogP contribution in [0.2, 0.25) is 0 Å². The Hall–Kier alpha value is -3.33. The van der Waals surface area contributed by atoms with Crippen LogP contribution in [-0.2, 0) is 10.5 Å². The Morgan fingerprint density at radius 2 is 1.89 bits per heavy atom. The summed E-state index contributed by atoms with van der Waals surface area (Å²) >= 11 is 0. The van der Waals surface area contributed by atoms with E-state index in [9.17, 15) is 19.1 Å². The number of nitrogens with zero attached hydrogens (tertiary/aromatic N) is 4. The molecule has 0 aliphatic carbocycles. The molecule has 2 atom stereocenters. The monoisotopic (exact) mass is 510 g/mol. The van der Waals surface area contributed by atoms with Crippen molar-refractivity contribution in [2.24, 2.45) is 11.3 Å². The summed E-state index contributed by atoms with van der Waals surface area (Å²) in [7, 11) is 0. The maximum Gasteiger partial charge on any atom is 0.274 e. The van der Waals surface area contributed by atoms with Crippen molar-refractivity contribution < 1.29 is 24.5 Å². The SMILES string of the molecule is CC(C)C(=CC(=[NH2+])c1ccc(F)cc1)c1ncc2n1C1(C)CN(C(=O)C(O)CC(C)(C)C)CCN1C2=O. The number of carbonyl (C=O) groups is 2. The zero-order valence-electron chi connectivity index (χ0n) is 22.5. The molecule has 0 spiro atoms. The summed E-state index contributed by atoms with van der Waals surface area (Å²) < 4.78 is 15.3. The fraction of sp³-hybridized carbons (Fsp3) is 0.500. The average molecular weight is 511 g/mol. The van der Waals surface area contributed by atoms with E-state index in [1.54, 1.807) is 28.1 Å². The second-order valence-corrected chi connectivity index (χ2v) is 11.7. The second kappa shape index (κ2) is 9.52. The molecule has 1 fully saturated rings. The summed E-state index contributed by atoms with van der Waals surface area (Å²) in [6.07, 6.45) is 2.64. The lowest BCUT2D eigenvalue weighted by atomic mass is 9.88. The standard InChI is InChI=1S/C28H36FN5O3/c1-17(2)20(13-21(30)18-7-9-19(29)10-8-18)24-31-15-22-25(36)33-12-11-32(16-28(33,6)34(22)24)26(37)23(35)14-27(3,4)5/h7-10,13,15,17,23,30,35H,11-12,14,16H2,1-6H3/p+1. The molecular formula is C28H37FN5O3+. The molecule has 198 valence electrons. The van der Waals surface area contributed by atoms with Crippen LogP contribution < -0.4 is 5.41 Å². The number of hydrogen-bond donors (Lipinski definition) is 2. The number of aromatic nitrogens is 2. The molecule has 37 heavy (non-hydrogen) atoms. The van der Waals surface area contributed by atoms with Gasteiger partial charge in [0.1, 0.15) is 29.1 Å². The highest BCUT2D eigenvalue weighted by atomic mass is 19.1. The number of fused-ring (bicyclic) bond motifs is 3. The molecule has 3 N–H and O–H groups in total. The van der Waals surface area contributed by atoms with Gasteiger partial charge in [-0.15, -0.1) is 0 Å². The van der Waals surface area contributed by atoms with Crippen LogP contribution in [0.5, 0.6) is 0 Å². The summed E-state index contributed by atoms with van der Waals surface area (Å²) in [5, 5.41) is 17.0. The van der Waals surface area contributed by atoms with Gasteiger partial charge < -0.3 is 14.9 Å². The zero-order valence-corrected chi connectivity index (χ0v) is 22.5. The molecule has 1 aromatic heterocycles. The number of carbonyl (C=O) groups excluding carboxylic acids is 2. The number of amides is 2. The van der Waals surface area contributed by atoms with Crippen molar-refractivity contribution in [1.82, 2.24) is 19.4 Å². The smallest absolute Gasteiger partial charge is 0.274 e. The molecule has 9 heteroatoms. The molecule has 3 heterocycles. The second-order valence-electron chi connectivity index (χ2n) is 11.7. The van der Waals surface area contributed by atoms with Gasteiger partial charge in [-0.05, 0) is 48.9 Å². The van der Waals surface area contributed by atoms with Gasteiger partial charge in [-0.1, -0.05) is 34.6 Å². The van der Waals surface area contributed by atoms with Gasteiger partial charge in [0.25, 0.3) is 11.8 Å². The molecule has 4 rings (SSSR count). The first-order valence-electron chi connectivity index (χ1n) is 12.7. The third-order valence-electron chi connectivity index (χ3n) is 7.14. The number of rotatable bonds is 6. The predicted molar refractivity (Wildman–Crippen MR) is 139 cm³/mol. The first kappa shape index (κ1) is 26.7. The molecule has 2 aliphatic rings. The van der Waals surface area contributed by atoms with Gasteiger partial charge in [-0.3, -0.25) is 19.6 Å². The highest BCUT2D eigenvalue weighted by Crippen LogP contribution is 2.40. The highest BCUT2D eigenvalue weighted by molar-refractivity contribution is 6.08. The van der Waals surface area contributed by atoms with Gasteiger partial charge in [-0.25, -0.2) is 9.37 Å². The zero-order chi connectivity index (χ0) is 27.3. The maximum atomic E-state index is 13.4. The summed E-state index contributed by atoms with van der Waals surface area (Å²) in [5.74, 6) is -0.202. The maximum absolute atomic E-state index is 13.4. The minimum absolute atomic E-state index is 0.00758. The fourth-order valence-electron chi connectivity index (χ4n) is 5.28. The molecule has 1 saturated heterocycles. The minimum atomic E-state index is -1.11. The number of hydrogen-bond acceptors (Lipinski definition) is 4. The molecule has 1 aromatic carbocycles. The Morgan fingerprint density at radius 1 is 1.24 bits per heavy atom. The number of imidazole rings is 1. The molecule has 8 nitrogen and oxygen atoms in total. The summed E-state index contributed by atoms with van der Waals surface area (Å²) in [4.78, 5) is 34.6. The lowest BCUT2D eigenvalue weighted by Crippen LogP contribution is -2.62. The quantitative estimate of drug-likeness (QED) is 0.581. The lowest BCUT2D eigenvalue weighted by Gasteiger charge is -2.46. The summed E-state index contributed by atoms with van der Waals surface area (Å²) in [6.45, 7) is 12.8. The fourth-order valence-corrected chi connectivity index (χ4v) is 5.28. The number of aliphatic hydroxyl groups is 1. The van der Waals surface area contributed by atoms with E-state index in [4.69, 9.17) is 5.41 Å². The molecule has 2 unspecified atom stereocenters. The molecule has 2 aromatic rings. The molecule has 2 amide bonds. The molecule has 0 saturated carbocycles. The van der Waals surface area contributed by atoms with Crippen LogP contribution >= 0.6 is 0 Å². The van der Waals surface area contributed by atoms with E-state index in [0.717, 1.165) is 5.57 Å². The van der Waals surface area contributed by atoms with E-state index in [2.05, 4.69) is 4.98 Å². The van der Waals surface area contributed by atoms with Gasteiger partial charge in [0.15, 0.2) is 0 Å². The van der Waals surface area contributed by atoms with Gasteiger partial charge in [0.2, 0.25) is 5.71 Å². The van der Waals surface area contributed by atoms with Crippen molar-refractivity contribution in [3.8, 4) is 0 Å². The van der Waals surface area contributed by atoms with Gasteiger partial charge in [-0.2, -0.15) is 0 Å². The van der Waals surface area contributed by atoms with E-state index in [1.807, 2.05) is 52.2 Å². The largest absolute Gasteiger partial charge is 0.383 e. The molecular weight excluding hydrogens is 473 g/mol. The van der Waals surface area contributed by atoms with Gasteiger partial charge in [0.05, 0.1) is 12.7 Å². The first-order chi connectivity index (χ1) is 17.2. The van der Waals surface area contributed by atoms with Crippen LogP contribution in [0, 0.1) is 17.2 Å². The van der Waals surface area contributed by atoms with Crippen LogP contribution in [0.3, 0.4) is 0 Å². The van der Waals surface area contributed by atoms with E-state index >= 15 is 0 Å². The third kappa shape index (κ3) is 4.97. The Balaban J connectivity index is 1.70. The van der Waals surface area contributed by atoms with Crippen molar-refractivity contribution in [2.75, 3.05) is 19.6 Å². The normalized spacial score (nSPS) is 20.8. The predicted octanol–water partition coefficient (Wildman–Crippen LogP) is 2.08. The van der Waals surface area contributed by atoms with Crippen molar-refractivity contribution in [1.29, 1.82) is 0 Å². The highest BCUT2D eigenvalue weighted by Gasteiger charge is 2.52. The van der Waals surface area contributed by atoms with Crippen LogP contribution in [0.15, 0.2) is 36.5 Å². The van der Waals surface area contributed by atoms with Gasteiger partial charge in [0, 0.05) is 30.3 Å². The van der Waals surface area contributed by atoms with E-state index in [0.29, 0.717) is 42.3 Å². The average Bonchev–Trinajstić information content (AvgIpc) is 3.34.